The van der Waals surface area contributed by atoms with Gasteiger partial charge in [-0.3, -0.25) is 0 Å². The van der Waals surface area contributed by atoms with E-state index >= 15 is 0 Å². The minimum Gasteiger partial charge on any atom is -0.490 e. The third kappa shape index (κ3) is 9.73. The molecule has 4 heteroatoms. The predicted octanol–water partition coefficient (Wildman–Crippen LogP) is 9.51. The molecule has 1 aromatic heterocycles. The van der Waals surface area contributed by atoms with Crippen LogP contribution in [0.15, 0.2) is 79.0 Å². The highest BCUT2D eigenvalue weighted by Crippen LogP contribution is 2.33. The summed E-state index contributed by atoms with van der Waals surface area (Å²) in [6.45, 7) is 5.69. The summed E-state index contributed by atoms with van der Waals surface area (Å²) in [6, 6.07) is 16.5. The lowest BCUT2D eigenvalue weighted by Gasteiger charge is -2.04. The fourth-order valence-corrected chi connectivity index (χ4v) is 4.56. The van der Waals surface area contributed by atoms with E-state index in [1.165, 1.54) is 38.5 Å². The Bertz CT molecular complexity index is 937. The number of thiazole rings is 1. The second kappa shape index (κ2) is 15.9. The van der Waals surface area contributed by atoms with Gasteiger partial charge in [0.25, 0.3) is 0 Å². The topological polar surface area (TPSA) is 31.4 Å². The zero-order valence-corrected chi connectivity index (χ0v) is 22.1. The summed E-state index contributed by atoms with van der Waals surface area (Å²) in [4.78, 5) is 5.79. The van der Waals surface area contributed by atoms with Gasteiger partial charge in [-0.25, -0.2) is 4.98 Å². The van der Waals surface area contributed by atoms with Crippen molar-refractivity contribution in [2.75, 3.05) is 13.2 Å². The Kier molecular flexibility index (Phi) is 12.2. The number of nitrogens with zero attached hydrogens (tertiary/aromatic N) is 1. The van der Waals surface area contributed by atoms with Crippen LogP contribution in [0.4, 0.5) is 0 Å². The fourth-order valence-electron chi connectivity index (χ4n) is 3.64. The molecule has 0 saturated carbocycles. The number of hydrogen-bond donors (Lipinski definition) is 0. The van der Waals surface area contributed by atoms with Crippen molar-refractivity contribution in [2.45, 2.75) is 65.2 Å². The van der Waals surface area contributed by atoms with Crippen LogP contribution in [-0.4, -0.2) is 18.2 Å². The maximum atomic E-state index is 5.83. The summed E-state index contributed by atoms with van der Waals surface area (Å²) in [5.74, 6) is 1.78. The Morgan fingerprint density at radius 1 is 0.657 bits per heavy atom. The lowest BCUT2D eigenvalue weighted by Crippen LogP contribution is -1.93. The molecule has 1 heterocycles. The molecular formula is C31H39NO2S. The maximum Gasteiger partial charge on any atom is 0.123 e. The summed E-state index contributed by atoms with van der Waals surface area (Å²) in [5, 5.41) is 1.01. The van der Waals surface area contributed by atoms with Crippen LogP contribution >= 0.6 is 11.3 Å². The highest BCUT2D eigenvalue weighted by atomic mass is 32.1. The van der Waals surface area contributed by atoms with Gasteiger partial charge in [0.1, 0.15) is 29.7 Å². The summed E-state index contributed by atoms with van der Waals surface area (Å²) in [5.41, 5.74) is 2.26. The summed E-state index contributed by atoms with van der Waals surface area (Å²) in [6.07, 6.45) is 20.5. The average molecular weight is 490 g/mol. The Morgan fingerprint density at radius 3 is 1.69 bits per heavy atom. The molecule has 0 fully saturated rings. The third-order valence-electron chi connectivity index (χ3n) is 5.72. The molecule has 0 atom stereocenters. The van der Waals surface area contributed by atoms with Crippen molar-refractivity contribution >= 4 is 11.3 Å². The van der Waals surface area contributed by atoms with Crippen LogP contribution in [0, 0.1) is 0 Å². The van der Waals surface area contributed by atoms with Gasteiger partial charge in [0, 0.05) is 11.8 Å². The number of aromatic nitrogens is 1. The first-order valence-corrected chi connectivity index (χ1v) is 13.8. The molecule has 0 N–H and O–H groups in total. The summed E-state index contributed by atoms with van der Waals surface area (Å²) >= 11 is 1.70. The second-order valence-electron chi connectivity index (χ2n) is 8.63. The van der Waals surface area contributed by atoms with Gasteiger partial charge in [0.15, 0.2) is 0 Å². The fraction of sp³-hybridized carbons (Fsp3) is 0.387. The standard InChI is InChI=1S/C31H39NO2S/c1-3-5-7-9-11-13-23-33-28-19-15-26(16-20-28)30-25-32-31(35-30)27-17-21-29(22-18-27)34-24-14-12-10-8-6-4-2/h11-22,25H,3-10,23-24H2,1-2H3. The van der Waals surface area contributed by atoms with E-state index < -0.39 is 0 Å². The Labute approximate surface area is 215 Å². The van der Waals surface area contributed by atoms with E-state index in [-0.39, 0.29) is 0 Å². The molecule has 2 aromatic carbocycles. The van der Waals surface area contributed by atoms with Crippen molar-refractivity contribution in [3.8, 4) is 32.5 Å². The van der Waals surface area contributed by atoms with E-state index in [9.17, 15) is 0 Å². The van der Waals surface area contributed by atoms with Crippen LogP contribution < -0.4 is 9.47 Å². The first-order chi connectivity index (χ1) is 17.3. The van der Waals surface area contributed by atoms with Gasteiger partial charge in [0.2, 0.25) is 0 Å². The number of allylic oxidation sites excluding steroid dienone is 2. The van der Waals surface area contributed by atoms with Gasteiger partial charge < -0.3 is 9.47 Å². The molecule has 0 bridgehead atoms. The molecule has 0 amide bonds. The molecule has 0 aliphatic carbocycles. The molecule has 0 aliphatic heterocycles. The lowest BCUT2D eigenvalue weighted by molar-refractivity contribution is 0.362. The van der Waals surface area contributed by atoms with Gasteiger partial charge in [-0.1, -0.05) is 63.8 Å². The molecule has 0 unspecified atom stereocenters. The number of benzene rings is 2. The lowest BCUT2D eigenvalue weighted by atomic mass is 10.2. The van der Waals surface area contributed by atoms with Gasteiger partial charge in [-0.2, -0.15) is 0 Å². The molecular weight excluding hydrogens is 450 g/mol. The van der Waals surface area contributed by atoms with Gasteiger partial charge in [0.05, 0.1) is 4.88 Å². The first kappa shape index (κ1) is 26.7. The molecule has 3 aromatic rings. The number of unbranched alkanes of at least 4 members (excludes halogenated alkanes) is 6. The Balaban J connectivity index is 1.46. The monoisotopic (exact) mass is 489 g/mol. The van der Waals surface area contributed by atoms with Crippen molar-refractivity contribution in [2.24, 2.45) is 0 Å². The maximum absolute atomic E-state index is 5.83. The van der Waals surface area contributed by atoms with E-state index in [1.807, 2.05) is 30.5 Å². The number of rotatable bonds is 16. The van der Waals surface area contributed by atoms with E-state index in [2.05, 4.69) is 67.4 Å². The Morgan fingerprint density at radius 2 is 1.17 bits per heavy atom. The molecule has 3 nitrogen and oxygen atoms in total. The molecule has 0 aliphatic rings. The van der Waals surface area contributed by atoms with Crippen molar-refractivity contribution < 1.29 is 9.47 Å². The van der Waals surface area contributed by atoms with E-state index in [4.69, 9.17) is 9.47 Å². The van der Waals surface area contributed by atoms with Gasteiger partial charge in [-0.15, -0.1) is 11.3 Å². The van der Waals surface area contributed by atoms with Crippen LogP contribution in [0.5, 0.6) is 11.5 Å². The quantitative estimate of drug-likeness (QED) is 0.148. The summed E-state index contributed by atoms with van der Waals surface area (Å²) in [7, 11) is 0. The SMILES string of the molecule is CCCCCC=CCOc1ccc(-c2cnc(-c3ccc(OCC=CCCCCC)cc3)s2)cc1. The average Bonchev–Trinajstić information content (AvgIpc) is 3.39. The minimum atomic E-state index is 0.613. The normalized spacial score (nSPS) is 11.5. The smallest absolute Gasteiger partial charge is 0.123 e. The molecule has 3 rings (SSSR count). The van der Waals surface area contributed by atoms with Crippen molar-refractivity contribution in [1.29, 1.82) is 0 Å². The van der Waals surface area contributed by atoms with E-state index in [1.54, 1.807) is 11.3 Å². The molecule has 0 saturated heterocycles. The largest absolute Gasteiger partial charge is 0.490 e. The zero-order valence-electron chi connectivity index (χ0n) is 21.2. The van der Waals surface area contributed by atoms with Crippen LogP contribution in [0.25, 0.3) is 21.0 Å². The molecule has 186 valence electrons. The van der Waals surface area contributed by atoms with E-state index in [0.29, 0.717) is 13.2 Å². The van der Waals surface area contributed by atoms with Gasteiger partial charge >= 0.3 is 0 Å². The van der Waals surface area contributed by atoms with Crippen LogP contribution in [-0.2, 0) is 0 Å². The van der Waals surface area contributed by atoms with Crippen molar-refractivity contribution in [1.82, 2.24) is 4.98 Å². The summed E-state index contributed by atoms with van der Waals surface area (Å²) < 4.78 is 11.7. The molecule has 0 radical (unpaired) electrons. The van der Waals surface area contributed by atoms with E-state index in [0.717, 1.165) is 45.4 Å². The molecule has 0 spiro atoms. The predicted molar refractivity (Wildman–Crippen MR) is 151 cm³/mol. The van der Waals surface area contributed by atoms with Gasteiger partial charge in [-0.05, 0) is 79.8 Å². The highest BCUT2D eigenvalue weighted by molar-refractivity contribution is 7.18. The van der Waals surface area contributed by atoms with Crippen molar-refractivity contribution in [3.05, 3.63) is 79.0 Å². The number of hydrogen-bond acceptors (Lipinski definition) is 4. The number of ether oxygens (including phenoxy) is 2. The van der Waals surface area contributed by atoms with Crippen LogP contribution in [0.3, 0.4) is 0 Å². The van der Waals surface area contributed by atoms with Crippen molar-refractivity contribution in [3.63, 3.8) is 0 Å². The first-order valence-electron chi connectivity index (χ1n) is 13.0. The van der Waals surface area contributed by atoms with Crippen LogP contribution in [0.2, 0.25) is 0 Å². The third-order valence-corrected chi connectivity index (χ3v) is 6.82. The molecule has 35 heavy (non-hydrogen) atoms. The van der Waals surface area contributed by atoms with Crippen LogP contribution in [0.1, 0.15) is 65.2 Å². The second-order valence-corrected chi connectivity index (χ2v) is 9.67. The highest BCUT2D eigenvalue weighted by Gasteiger charge is 2.07. The minimum absolute atomic E-state index is 0.613. The Hall–Kier alpha value is -2.85. The zero-order chi connectivity index (χ0) is 24.6.